The highest BCUT2D eigenvalue weighted by Crippen LogP contribution is 2.37. The second-order valence-corrected chi connectivity index (χ2v) is 9.33. The lowest BCUT2D eigenvalue weighted by atomic mass is 10.0. The number of halogens is 3. The van der Waals surface area contributed by atoms with E-state index >= 15 is 0 Å². The van der Waals surface area contributed by atoms with Crippen LogP contribution in [0.2, 0.25) is 0 Å². The smallest absolute Gasteiger partial charge is 0.265 e. The van der Waals surface area contributed by atoms with Crippen molar-refractivity contribution in [3.8, 4) is 22.6 Å². The number of ether oxygens (including phenoxy) is 1. The van der Waals surface area contributed by atoms with Gasteiger partial charge in [0.1, 0.15) is 34.6 Å². The quantitative estimate of drug-likeness (QED) is 0.412. The van der Waals surface area contributed by atoms with E-state index in [0.717, 1.165) is 12.1 Å². The molecule has 0 atom stereocenters. The lowest BCUT2D eigenvalue weighted by molar-refractivity contribution is 0.0946. The van der Waals surface area contributed by atoms with Gasteiger partial charge in [0.2, 0.25) is 0 Å². The van der Waals surface area contributed by atoms with Crippen molar-refractivity contribution in [3.63, 3.8) is 0 Å². The van der Waals surface area contributed by atoms with E-state index in [9.17, 15) is 27.1 Å². The number of phenols is 1. The maximum atomic E-state index is 14.6. The third-order valence-electron chi connectivity index (χ3n) is 4.70. The molecule has 0 aliphatic carbocycles. The van der Waals surface area contributed by atoms with Crippen LogP contribution in [-0.4, -0.2) is 32.6 Å². The summed E-state index contributed by atoms with van der Waals surface area (Å²) in [5, 5.41) is 12.9. The summed E-state index contributed by atoms with van der Waals surface area (Å²) in [6, 6.07) is 10.1. The minimum atomic E-state index is -4.57. The number of carbonyl (C=O) groups excluding carboxylic acids is 1. The lowest BCUT2D eigenvalue weighted by Crippen LogP contribution is -2.28. The Bertz CT molecular complexity index is 1350. The first kappa shape index (κ1) is 22.0. The van der Waals surface area contributed by atoms with Crippen LogP contribution in [0.3, 0.4) is 0 Å². The molecule has 11 heteroatoms. The number of benzene rings is 3. The summed E-state index contributed by atoms with van der Waals surface area (Å²) < 4.78 is 62.7. The summed E-state index contributed by atoms with van der Waals surface area (Å²) in [5.41, 5.74) is -0.447. The maximum Gasteiger partial charge on any atom is 0.265 e. The number of anilines is 1. The monoisotopic (exact) mass is 524 g/mol. The van der Waals surface area contributed by atoms with E-state index in [1.165, 1.54) is 12.1 Å². The van der Waals surface area contributed by atoms with Gasteiger partial charge < -0.3 is 15.2 Å². The number of para-hydroxylation sites is 1. The van der Waals surface area contributed by atoms with Crippen molar-refractivity contribution in [1.29, 1.82) is 0 Å². The number of rotatable bonds is 0. The molecule has 0 spiro atoms. The first-order valence-electron chi connectivity index (χ1n) is 9.22. The van der Waals surface area contributed by atoms with Crippen LogP contribution in [-0.2, 0) is 10.0 Å². The summed E-state index contributed by atoms with van der Waals surface area (Å²) in [5.74, 6) is -3.12. The molecule has 0 radical (unpaired) electrons. The first-order chi connectivity index (χ1) is 15.2. The van der Waals surface area contributed by atoms with Gasteiger partial charge in [-0.05, 0) is 40.2 Å². The number of hydrogen-bond donors (Lipinski definition) is 3. The predicted molar refractivity (Wildman–Crippen MR) is 116 cm³/mol. The minimum Gasteiger partial charge on any atom is -0.505 e. The molecule has 0 aromatic heterocycles. The van der Waals surface area contributed by atoms with Gasteiger partial charge >= 0.3 is 0 Å². The summed E-state index contributed by atoms with van der Waals surface area (Å²) in [4.78, 5) is 11.8. The molecule has 0 unspecified atom stereocenters. The van der Waals surface area contributed by atoms with E-state index < -0.39 is 43.9 Å². The fourth-order valence-electron chi connectivity index (χ4n) is 3.19. The molecule has 0 fully saturated rings. The third kappa shape index (κ3) is 4.13. The van der Waals surface area contributed by atoms with Crippen molar-refractivity contribution < 1.29 is 31.8 Å². The normalized spacial score (nSPS) is 15.3. The summed E-state index contributed by atoms with van der Waals surface area (Å²) >= 11 is 3.02. The number of amides is 1. The molecule has 4 bridgehead atoms. The van der Waals surface area contributed by atoms with E-state index in [-0.39, 0.29) is 40.1 Å². The Labute approximate surface area is 190 Å². The molecule has 32 heavy (non-hydrogen) atoms. The Balaban J connectivity index is 1.93. The van der Waals surface area contributed by atoms with Gasteiger partial charge in [0.05, 0.1) is 16.7 Å². The van der Waals surface area contributed by atoms with E-state index in [1.807, 2.05) is 4.72 Å². The van der Waals surface area contributed by atoms with Crippen molar-refractivity contribution in [2.45, 2.75) is 4.90 Å². The van der Waals surface area contributed by atoms with Crippen LogP contribution in [0, 0.1) is 11.6 Å². The van der Waals surface area contributed by atoms with Crippen LogP contribution in [0.15, 0.2) is 57.9 Å². The number of nitrogens with one attached hydrogen (secondary N) is 2. The largest absolute Gasteiger partial charge is 0.505 e. The number of phenolic OH excluding ortho intramolecular Hbond substituents is 1. The Morgan fingerprint density at radius 3 is 2.56 bits per heavy atom. The maximum absolute atomic E-state index is 14.6. The molecular weight excluding hydrogens is 510 g/mol. The van der Waals surface area contributed by atoms with Crippen LogP contribution < -0.4 is 14.8 Å². The van der Waals surface area contributed by atoms with Gasteiger partial charge in [-0.25, -0.2) is 17.2 Å². The number of fused-ring (bicyclic) bond motifs is 6. The van der Waals surface area contributed by atoms with Gasteiger partial charge in [0.25, 0.3) is 15.9 Å². The molecule has 1 heterocycles. The van der Waals surface area contributed by atoms with E-state index in [4.69, 9.17) is 4.74 Å². The highest BCUT2D eigenvalue weighted by molar-refractivity contribution is 9.10. The second-order valence-electron chi connectivity index (χ2n) is 6.82. The molecule has 166 valence electrons. The number of sulfonamides is 1. The Hall–Kier alpha value is -3.18. The highest BCUT2D eigenvalue weighted by atomic mass is 79.9. The Morgan fingerprint density at radius 1 is 1.03 bits per heavy atom. The molecule has 1 aliphatic rings. The number of aromatic hydroxyl groups is 1. The van der Waals surface area contributed by atoms with Crippen LogP contribution in [0.25, 0.3) is 11.1 Å². The topological polar surface area (TPSA) is 105 Å². The minimum absolute atomic E-state index is 0.0289. The molecule has 1 aliphatic heterocycles. The predicted octanol–water partition coefficient (Wildman–Crippen LogP) is 4.02. The summed E-state index contributed by atoms with van der Waals surface area (Å²) in [7, 11) is -4.57. The van der Waals surface area contributed by atoms with E-state index in [0.29, 0.717) is 6.07 Å². The van der Waals surface area contributed by atoms with Gasteiger partial charge in [-0.15, -0.1) is 0 Å². The van der Waals surface area contributed by atoms with E-state index in [1.54, 1.807) is 18.2 Å². The number of carbonyl (C=O) groups is 1. The zero-order valence-electron chi connectivity index (χ0n) is 16.2. The fraction of sp³-hybridized carbons (Fsp3) is 0.0952. The van der Waals surface area contributed by atoms with Gasteiger partial charge in [0.15, 0.2) is 0 Å². The molecule has 7 nitrogen and oxygen atoms in total. The summed E-state index contributed by atoms with van der Waals surface area (Å²) in [6.07, 6.45) is 0. The zero-order valence-corrected chi connectivity index (χ0v) is 18.6. The van der Waals surface area contributed by atoms with Crippen LogP contribution in [0.1, 0.15) is 10.4 Å². The van der Waals surface area contributed by atoms with Gasteiger partial charge in [-0.3, -0.25) is 9.52 Å². The fourth-order valence-corrected chi connectivity index (χ4v) is 4.98. The van der Waals surface area contributed by atoms with Crippen molar-refractivity contribution in [1.82, 2.24) is 5.32 Å². The molecule has 3 aromatic carbocycles. The average Bonchev–Trinajstić information content (AvgIpc) is 2.74. The molecule has 3 N–H and O–H groups in total. The van der Waals surface area contributed by atoms with Gasteiger partial charge in [0, 0.05) is 22.8 Å². The van der Waals surface area contributed by atoms with Crippen LogP contribution in [0.4, 0.5) is 14.5 Å². The van der Waals surface area contributed by atoms with Crippen molar-refractivity contribution >= 4 is 37.5 Å². The van der Waals surface area contributed by atoms with E-state index in [2.05, 4.69) is 21.2 Å². The highest BCUT2D eigenvalue weighted by Gasteiger charge is 2.26. The van der Waals surface area contributed by atoms with Crippen molar-refractivity contribution in [3.05, 3.63) is 70.2 Å². The van der Waals surface area contributed by atoms with Gasteiger partial charge in [-0.1, -0.05) is 18.2 Å². The molecule has 0 saturated heterocycles. The van der Waals surface area contributed by atoms with Crippen molar-refractivity contribution in [2.24, 2.45) is 0 Å². The second kappa shape index (κ2) is 8.40. The van der Waals surface area contributed by atoms with Gasteiger partial charge in [-0.2, -0.15) is 0 Å². The van der Waals surface area contributed by atoms with Crippen molar-refractivity contribution in [2.75, 3.05) is 17.9 Å². The summed E-state index contributed by atoms with van der Waals surface area (Å²) in [6.45, 7) is 0.0875. The standard InChI is InChI=1S/C21H15BrF2N2O5S/c22-14-7-11-8-19(20(14)27)32(29,30)26-17-9-13(15(23)10-16(17)24)12-3-1-2-4-18(12)31-6-5-25-21(11)28/h1-4,7-10,26-27H,5-6H2,(H,25,28). The lowest BCUT2D eigenvalue weighted by Gasteiger charge is -2.15. The average molecular weight is 525 g/mol. The first-order valence-corrected chi connectivity index (χ1v) is 11.5. The molecule has 1 amide bonds. The molecule has 4 rings (SSSR count). The number of hydrogen-bond acceptors (Lipinski definition) is 5. The SMILES string of the molecule is O=C1NCCOc2ccccc2-c2cc(c(F)cc2F)NS(=O)(=O)c2cc1cc(Br)c2O. The molecule has 3 aromatic rings. The Kier molecular flexibility index (Phi) is 5.78. The zero-order chi connectivity index (χ0) is 23.0. The third-order valence-corrected chi connectivity index (χ3v) is 6.69. The molecule has 0 saturated carbocycles. The molecular formula is C21H15BrF2N2O5S. The Morgan fingerprint density at radius 2 is 1.78 bits per heavy atom. The van der Waals surface area contributed by atoms with Crippen LogP contribution in [0.5, 0.6) is 11.5 Å². The van der Waals surface area contributed by atoms with Crippen LogP contribution >= 0.6 is 15.9 Å².